The van der Waals surface area contributed by atoms with E-state index in [4.69, 9.17) is 0 Å². The zero-order chi connectivity index (χ0) is 16.2. The zero-order valence-electron chi connectivity index (χ0n) is 13.7. The molecule has 0 aromatic rings. The van der Waals surface area contributed by atoms with Crippen molar-refractivity contribution in [3.8, 4) is 0 Å². The first-order valence-corrected chi connectivity index (χ1v) is 10.1. The number of carbonyl (C=O) groups excluding carboxylic acids is 1. The zero-order valence-corrected chi connectivity index (χ0v) is 14.5. The van der Waals surface area contributed by atoms with Crippen LogP contribution in [0.25, 0.3) is 0 Å². The van der Waals surface area contributed by atoms with E-state index < -0.39 is 16.1 Å². The molecule has 2 heterocycles. The SMILES string of the molecule is CCCCS(=O)(=O)N1CCCC1C(=O)NC1CNCCC1C. The van der Waals surface area contributed by atoms with Crippen molar-refractivity contribution in [1.82, 2.24) is 14.9 Å². The number of hydrogen-bond donors (Lipinski definition) is 2. The Labute approximate surface area is 134 Å². The molecule has 0 aromatic carbocycles. The third-order valence-electron chi connectivity index (χ3n) is 4.77. The summed E-state index contributed by atoms with van der Waals surface area (Å²) >= 11 is 0. The Balaban J connectivity index is 1.98. The van der Waals surface area contributed by atoms with Gasteiger partial charge in [-0.3, -0.25) is 4.79 Å². The molecule has 1 amide bonds. The average Bonchev–Trinajstić information content (AvgIpc) is 2.98. The fraction of sp³-hybridized carbons (Fsp3) is 0.933. The molecule has 6 nitrogen and oxygen atoms in total. The minimum absolute atomic E-state index is 0.0991. The van der Waals surface area contributed by atoms with Crippen molar-refractivity contribution in [2.45, 2.75) is 58.0 Å². The van der Waals surface area contributed by atoms with Crippen molar-refractivity contribution in [2.75, 3.05) is 25.4 Å². The van der Waals surface area contributed by atoms with Crippen molar-refractivity contribution in [3.63, 3.8) is 0 Å². The van der Waals surface area contributed by atoms with Crippen LogP contribution >= 0.6 is 0 Å². The van der Waals surface area contributed by atoms with Crippen LogP contribution < -0.4 is 10.6 Å². The first-order valence-electron chi connectivity index (χ1n) is 8.46. The summed E-state index contributed by atoms with van der Waals surface area (Å²) < 4.78 is 26.2. The number of nitrogens with zero attached hydrogens (tertiary/aromatic N) is 1. The Hall–Kier alpha value is -0.660. The van der Waals surface area contributed by atoms with Crippen LogP contribution in [0, 0.1) is 5.92 Å². The van der Waals surface area contributed by atoms with Crippen molar-refractivity contribution >= 4 is 15.9 Å². The molecule has 2 aliphatic rings. The van der Waals surface area contributed by atoms with E-state index in [1.165, 1.54) is 4.31 Å². The Morgan fingerprint density at radius 2 is 2.14 bits per heavy atom. The predicted octanol–water partition coefficient (Wildman–Crippen LogP) is 0.695. The summed E-state index contributed by atoms with van der Waals surface area (Å²) in [5.41, 5.74) is 0. The molecule has 0 bridgehead atoms. The Morgan fingerprint density at radius 3 is 2.82 bits per heavy atom. The van der Waals surface area contributed by atoms with Crippen LogP contribution in [0.5, 0.6) is 0 Å². The van der Waals surface area contributed by atoms with Crippen LogP contribution in [0.15, 0.2) is 0 Å². The molecule has 3 unspecified atom stereocenters. The van der Waals surface area contributed by atoms with Gasteiger partial charge in [-0.05, 0) is 38.1 Å². The van der Waals surface area contributed by atoms with Gasteiger partial charge in [0.25, 0.3) is 0 Å². The van der Waals surface area contributed by atoms with E-state index in [1.807, 2.05) is 6.92 Å². The summed E-state index contributed by atoms with van der Waals surface area (Å²) in [5, 5.41) is 6.35. The lowest BCUT2D eigenvalue weighted by Crippen LogP contribution is -2.55. The molecule has 0 radical (unpaired) electrons. The van der Waals surface area contributed by atoms with Crippen LogP contribution in [0.1, 0.15) is 46.0 Å². The van der Waals surface area contributed by atoms with Crippen molar-refractivity contribution in [1.29, 1.82) is 0 Å². The first kappa shape index (κ1) is 17.7. The van der Waals surface area contributed by atoms with E-state index in [0.717, 1.165) is 32.4 Å². The van der Waals surface area contributed by atoms with Gasteiger partial charge in [-0.25, -0.2) is 8.42 Å². The van der Waals surface area contributed by atoms with Gasteiger partial charge < -0.3 is 10.6 Å². The molecular weight excluding hydrogens is 302 g/mol. The standard InChI is InChI=1S/C15H29N3O3S/c1-3-4-10-22(20,21)18-9-5-6-14(18)15(19)17-13-11-16-8-7-12(13)2/h12-14,16H,3-11H2,1-2H3,(H,17,19). The van der Waals surface area contributed by atoms with Gasteiger partial charge in [-0.2, -0.15) is 4.31 Å². The molecule has 128 valence electrons. The smallest absolute Gasteiger partial charge is 0.238 e. The maximum Gasteiger partial charge on any atom is 0.238 e. The topological polar surface area (TPSA) is 78.5 Å². The lowest BCUT2D eigenvalue weighted by Gasteiger charge is -2.32. The second kappa shape index (κ2) is 7.75. The van der Waals surface area contributed by atoms with Gasteiger partial charge in [0.15, 0.2) is 0 Å². The summed E-state index contributed by atoms with van der Waals surface area (Å²) in [5.74, 6) is 0.448. The molecule has 2 saturated heterocycles. The van der Waals surface area contributed by atoms with Gasteiger partial charge in [-0.1, -0.05) is 20.3 Å². The quantitative estimate of drug-likeness (QED) is 0.751. The molecule has 2 aliphatic heterocycles. The summed E-state index contributed by atoms with van der Waals surface area (Å²) in [6.07, 6.45) is 3.92. The number of nitrogens with one attached hydrogen (secondary N) is 2. The summed E-state index contributed by atoms with van der Waals surface area (Å²) in [4.78, 5) is 12.5. The van der Waals surface area contributed by atoms with Crippen LogP contribution in [-0.4, -0.2) is 56.1 Å². The maximum atomic E-state index is 12.5. The molecule has 3 atom stereocenters. The van der Waals surface area contributed by atoms with E-state index in [2.05, 4.69) is 17.6 Å². The molecule has 0 spiro atoms. The van der Waals surface area contributed by atoms with E-state index in [9.17, 15) is 13.2 Å². The lowest BCUT2D eigenvalue weighted by molar-refractivity contribution is -0.125. The van der Waals surface area contributed by atoms with E-state index >= 15 is 0 Å². The molecule has 2 N–H and O–H groups in total. The van der Waals surface area contributed by atoms with E-state index in [-0.39, 0.29) is 17.7 Å². The molecule has 2 fully saturated rings. The number of sulfonamides is 1. The van der Waals surface area contributed by atoms with Gasteiger partial charge in [0.2, 0.25) is 15.9 Å². The number of unbranched alkanes of at least 4 members (excludes halogenated alkanes) is 1. The van der Waals surface area contributed by atoms with Gasteiger partial charge >= 0.3 is 0 Å². The van der Waals surface area contributed by atoms with Crippen LogP contribution in [-0.2, 0) is 14.8 Å². The number of carbonyl (C=O) groups is 1. The van der Waals surface area contributed by atoms with Crippen LogP contribution in [0.3, 0.4) is 0 Å². The predicted molar refractivity (Wildman–Crippen MR) is 87.0 cm³/mol. The molecule has 0 aromatic heterocycles. The average molecular weight is 331 g/mol. The third kappa shape index (κ3) is 4.20. The minimum atomic E-state index is -3.31. The number of hydrogen-bond acceptors (Lipinski definition) is 4. The number of piperidine rings is 1. The summed E-state index contributed by atoms with van der Waals surface area (Å²) in [6, 6.07) is -0.418. The minimum Gasteiger partial charge on any atom is -0.350 e. The Bertz CT molecular complexity index is 480. The highest BCUT2D eigenvalue weighted by atomic mass is 32.2. The Morgan fingerprint density at radius 1 is 1.36 bits per heavy atom. The number of amides is 1. The molecule has 0 aliphatic carbocycles. The highest BCUT2D eigenvalue weighted by Crippen LogP contribution is 2.23. The fourth-order valence-electron chi connectivity index (χ4n) is 3.24. The Kier molecular flexibility index (Phi) is 6.23. The molecule has 0 saturated carbocycles. The molecule has 2 rings (SSSR count). The fourth-order valence-corrected chi connectivity index (χ4v) is 5.13. The van der Waals surface area contributed by atoms with Crippen molar-refractivity contribution in [2.24, 2.45) is 5.92 Å². The third-order valence-corrected chi connectivity index (χ3v) is 6.73. The molecule has 22 heavy (non-hydrogen) atoms. The first-order chi connectivity index (χ1) is 10.5. The lowest BCUT2D eigenvalue weighted by atomic mass is 9.94. The maximum absolute atomic E-state index is 12.5. The summed E-state index contributed by atoms with van der Waals surface area (Å²) in [6.45, 7) is 6.33. The highest BCUT2D eigenvalue weighted by Gasteiger charge is 2.39. The van der Waals surface area contributed by atoms with Crippen molar-refractivity contribution < 1.29 is 13.2 Å². The molecule has 7 heteroatoms. The second-order valence-electron chi connectivity index (χ2n) is 6.52. The van der Waals surface area contributed by atoms with Crippen LogP contribution in [0.4, 0.5) is 0 Å². The van der Waals surface area contributed by atoms with E-state index in [0.29, 0.717) is 25.3 Å². The van der Waals surface area contributed by atoms with Gasteiger partial charge in [-0.15, -0.1) is 0 Å². The second-order valence-corrected chi connectivity index (χ2v) is 8.56. The van der Waals surface area contributed by atoms with E-state index in [1.54, 1.807) is 0 Å². The number of rotatable bonds is 6. The largest absolute Gasteiger partial charge is 0.350 e. The molecular formula is C15H29N3O3S. The monoisotopic (exact) mass is 331 g/mol. The van der Waals surface area contributed by atoms with Crippen LogP contribution in [0.2, 0.25) is 0 Å². The van der Waals surface area contributed by atoms with Crippen molar-refractivity contribution in [3.05, 3.63) is 0 Å². The highest BCUT2D eigenvalue weighted by molar-refractivity contribution is 7.89. The van der Waals surface area contributed by atoms with Gasteiger partial charge in [0, 0.05) is 19.1 Å². The summed E-state index contributed by atoms with van der Waals surface area (Å²) in [7, 11) is -3.31. The van der Waals surface area contributed by atoms with Gasteiger partial charge in [0.1, 0.15) is 6.04 Å². The van der Waals surface area contributed by atoms with Gasteiger partial charge in [0.05, 0.1) is 5.75 Å². The normalized spacial score (nSPS) is 30.4.